The average Bonchev–Trinajstić information content (AvgIpc) is 3.39. The van der Waals surface area contributed by atoms with E-state index in [0.29, 0.717) is 43.1 Å². The van der Waals surface area contributed by atoms with Gasteiger partial charge in [0.1, 0.15) is 23.4 Å². The molecule has 2 aromatic carbocycles. The summed E-state index contributed by atoms with van der Waals surface area (Å²) in [6.45, 7) is 6.30. The van der Waals surface area contributed by atoms with E-state index in [9.17, 15) is 14.7 Å². The number of rotatable bonds is 7. The molecule has 3 heterocycles. The van der Waals surface area contributed by atoms with Crippen LogP contribution in [-0.2, 0) is 20.7 Å². The highest BCUT2D eigenvalue weighted by Gasteiger charge is 2.46. The third-order valence-electron chi connectivity index (χ3n) is 7.12. The Labute approximate surface area is 211 Å². The van der Waals surface area contributed by atoms with Crippen LogP contribution in [0.1, 0.15) is 36.1 Å². The van der Waals surface area contributed by atoms with Crippen molar-refractivity contribution in [2.24, 2.45) is 0 Å². The Morgan fingerprint density at radius 2 is 1.89 bits per heavy atom. The molecule has 2 saturated heterocycles. The molecule has 3 aliphatic heterocycles. The molecule has 2 unspecified atom stereocenters. The summed E-state index contributed by atoms with van der Waals surface area (Å²) in [4.78, 5) is 30.5. The number of ketones is 1. The Hall–Kier alpha value is -3.36. The summed E-state index contributed by atoms with van der Waals surface area (Å²) in [5.74, 6) is -0.122. The van der Waals surface area contributed by atoms with Crippen molar-refractivity contribution in [3.8, 4) is 11.5 Å². The van der Waals surface area contributed by atoms with E-state index >= 15 is 0 Å². The van der Waals surface area contributed by atoms with E-state index < -0.39 is 17.7 Å². The van der Waals surface area contributed by atoms with Crippen LogP contribution in [0.15, 0.2) is 48.0 Å². The smallest absolute Gasteiger partial charge is 0.295 e. The van der Waals surface area contributed by atoms with Crippen LogP contribution in [0, 0.1) is 0 Å². The maximum atomic E-state index is 13.4. The van der Waals surface area contributed by atoms with Gasteiger partial charge in [-0.05, 0) is 43.2 Å². The number of morpholine rings is 1. The molecule has 0 bridgehead atoms. The topological polar surface area (TPSA) is 88.5 Å². The molecule has 8 heteroatoms. The average molecular weight is 493 g/mol. The second-order valence-corrected chi connectivity index (χ2v) is 9.50. The molecule has 0 radical (unpaired) electrons. The lowest BCUT2D eigenvalue weighted by Crippen LogP contribution is -2.39. The van der Waals surface area contributed by atoms with E-state index in [1.165, 1.54) is 0 Å². The number of ether oxygens (including phenoxy) is 3. The molecule has 36 heavy (non-hydrogen) atoms. The van der Waals surface area contributed by atoms with Gasteiger partial charge in [0.15, 0.2) is 0 Å². The van der Waals surface area contributed by atoms with Crippen LogP contribution in [0.5, 0.6) is 11.5 Å². The van der Waals surface area contributed by atoms with E-state index in [1.807, 2.05) is 37.3 Å². The standard InChI is InChI=1S/C28H32N2O6/c1-18-16-20-17-19(8-9-22(20)36-18)26(31)24-25(21-6-3-4-7-23(21)34-2)30(28(33)27(24)32)11-5-10-29-12-14-35-15-13-29/h3-4,6-9,17-18,25,31H,5,10-16H2,1-2H3/b26-24+. The zero-order valence-electron chi connectivity index (χ0n) is 20.7. The summed E-state index contributed by atoms with van der Waals surface area (Å²) >= 11 is 0. The summed E-state index contributed by atoms with van der Waals surface area (Å²) in [6.07, 6.45) is 1.48. The fourth-order valence-corrected chi connectivity index (χ4v) is 5.34. The summed E-state index contributed by atoms with van der Waals surface area (Å²) in [5, 5.41) is 11.4. The maximum Gasteiger partial charge on any atom is 0.295 e. The molecule has 0 aromatic heterocycles. The number of carbonyl (C=O) groups excluding carboxylic acids is 2. The number of hydrogen-bond acceptors (Lipinski definition) is 7. The molecule has 190 valence electrons. The van der Waals surface area contributed by atoms with Crippen LogP contribution in [0.4, 0.5) is 0 Å². The first-order valence-electron chi connectivity index (χ1n) is 12.5. The first-order chi connectivity index (χ1) is 17.5. The van der Waals surface area contributed by atoms with Gasteiger partial charge in [0, 0.05) is 43.7 Å². The molecular weight excluding hydrogens is 460 g/mol. The van der Waals surface area contributed by atoms with E-state index in [2.05, 4.69) is 4.90 Å². The number of aliphatic hydroxyl groups excluding tert-OH is 1. The minimum Gasteiger partial charge on any atom is -0.507 e. The number of amides is 1. The lowest BCUT2D eigenvalue weighted by molar-refractivity contribution is -0.140. The molecule has 8 nitrogen and oxygen atoms in total. The highest BCUT2D eigenvalue weighted by atomic mass is 16.5. The predicted octanol–water partition coefficient (Wildman–Crippen LogP) is 3.16. The molecule has 5 rings (SSSR count). The van der Waals surface area contributed by atoms with Gasteiger partial charge in [0.25, 0.3) is 11.7 Å². The monoisotopic (exact) mass is 492 g/mol. The van der Waals surface area contributed by atoms with Crippen LogP contribution < -0.4 is 9.47 Å². The number of methoxy groups -OCH3 is 1. The highest BCUT2D eigenvalue weighted by Crippen LogP contribution is 2.43. The fourth-order valence-electron chi connectivity index (χ4n) is 5.34. The number of nitrogens with zero attached hydrogens (tertiary/aromatic N) is 2. The molecule has 0 saturated carbocycles. The zero-order valence-corrected chi connectivity index (χ0v) is 20.7. The third-order valence-corrected chi connectivity index (χ3v) is 7.12. The number of para-hydroxylation sites is 1. The number of fused-ring (bicyclic) bond motifs is 1. The molecular formula is C28H32N2O6. The van der Waals surface area contributed by atoms with Gasteiger partial charge in [-0.3, -0.25) is 14.5 Å². The lowest BCUT2D eigenvalue weighted by atomic mass is 9.94. The molecule has 0 aliphatic carbocycles. The number of hydrogen-bond donors (Lipinski definition) is 1. The quantitative estimate of drug-likeness (QED) is 0.361. The zero-order chi connectivity index (χ0) is 25.2. The predicted molar refractivity (Wildman–Crippen MR) is 134 cm³/mol. The summed E-state index contributed by atoms with van der Waals surface area (Å²) < 4.78 is 16.8. The van der Waals surface area contributed by atoms with Crippen molar-refractivity contribution >= 4 is 17.4 Å². The molecule has 1 N–H and O–H groups in total. The second kappa shape index (κ2) is 10.3. The molecule has 1 amide bonds. The molecule has 2 fully saturated rings. The van der Waals surface area contributed by atoms with Crippen molar-refractivity contribution < 1.29 is 28.9 Å². The Kier molecular flexibility index (Phi) is 6.98. The van der Waals surface area contributed by atoms with Gasteiger partial charge in [-0.15, -0.1) is 0 Å². The number of likely N-dealkylation sites (tertiary alicyclic amines) is 1. The maximum absolute atomic E-state index is 13.4. The van der Waals surface area contributed by atoms with Gasteiger partial charge in [-0.1, -0.05) is 18.2 Å². The van der Waals surface area contributed by atoms with Crippen LogP contribution in [0.3, 0.4) is 0 Å². The van der Waals surface area contributed by atoms with Crippen molar-refractivity contribution in [2.75, 3.05) is 46.5 Å². The van der Waals surface area contributed by atoms with Gasteiger partial charge in [0.05, 0.1) is 31.9 Å². The molecule has 0 spiro atoms. The molecule has 3 aliphatic rings. The number of benzene rings is 2. The fraction of sp³-hybridized carbons (Fsp3) is 0.429. The molecule has 2 aromatic rings. The van der Waals surface area contributed by atoms with E-state index in [0.717, 1.165) is 37.4 Å². The summed E-state index contributed by atoms with van der Waals surface area (Å²) in [6, 6.07) is 12.0. The Morgan fingerprint density at radius 1 is 1.11 bits per heavy atom. The largest absolute Gasteiger partial charge is 0.507 e. The van der Waals surface area contributed by atoms with Crippen molar-refractivity contribution in [3.63, 3.8) is 0 Å². The SMILES string of the molecule is COc1ccccc1C1/C(=C(\O)c2ccc3c(c2)CC(C)O3)C(=O)C(=O)N1CCCN1CCOCC1. The minimum absolute atomic E-state index is 0.0584. The number of Topliss-reactive ketones (excluding diaryl/α,β-unsaturated/α-hetero) is 1. The van der Waals surface area contributed by atoms with Gasteiger partial charge < -0.3 is 24.2 Å². The number of aliphatic hydroxyl groups is 1. The van der Waals surface area contributed by atoms with E-state index in [4.69, 9.17) is 14.2 Å². The normalized spacial score (nSPS) is 23.6. The van der Waals surface area contributed by atoms with Gasteiger partial charge in [-0.25, -0.2) is 0 Å². The first kappa shape index (κ1) is 24.3. The van der Waals surface area contributed by atoms with Gasteiger partial charge in [-0.2, -0.15) is 0 Å². The van der Waals surface area contributed by atoms with Crippen LogP contribution in [0.25, 0.3) is 5.76 Å². The Balaban J connectivity index is 1.51. The lowest BCUT2D eigenvalue weighted by Gasteiger charge is -2.29. The van der Waals surface area contributed by atoms with Gasteiger partial charge in [0.2, 0.25) is 0 Å². The number of carbonyl (C=O) groups is 2. The highest BCUT2D eigenvalue weighted by molar-refractivity contribution is 6.46. The van der Waals surface area contributed by atoms with Crippen molar-refractivity contribution in [3.05, 3.63) is 64.7 Å². The van der Waals surface area contributed by atoms with Gasteiger partial charge >= 0.3 is 0 Å². The first-order valence-corrected chi connectivity index (χ1v) is 12.5. The summed E-state index contributed by atoms with van der Waals surface area (Å²) in [5.41, 5.74) is 2.23. The second-order valence-electron chi connectivity index (χ2n) is 9.50. The van der Waals surface area contributed by atoms with Crippen LogP contribution in [-0.4, -0.2) is 79.2 Å². The summed E-state index contributed by atoms with van der Waals surface area (Å²) in [7, 11) is 1.56. The van der Waals surface area contributed by atoms with Crippen LogP contribution >= 0.6 is 0 Å². The van der Waals surface area contributed by atoms with E-state index in [1.54, 1.807) is 24.1 Å². The Morgan fingerprint density at radius 3 is 2.67 bits per heavy atom. The van der Waals surface area contributed by atoms with E-state index in [-0.39, 0.29) is 17.4 Å². The van der Waals surface area contributed by atoms with Crippen molar-refractivity contribution in [1.29, 1.82) is 0 Å². The Bertz CT molecular complexity index is 1190. The molecule has 2 atom stereocenters. The minimum atomic E-state index is -0.741. The van der Waals surface area contributed by atoms with Crippen LogP contribution in [0.2, 0.25) is 0 Å². The van der Waals surface area contributed by atoms with Crippen molar-refractivity contribution in [1.82, 2.24) is 9.80 Å². The third kappa shape index (κ3) is 4.58. The van der Waals surface area contributed by atoms with Crippen molar-refractivity contribution in [2.45, 2.75) is 31.9 Å².